The van der Waals surface area contributed by atoms with Gasteiger partial charge in [0, 0.05) is 6.54 Å². The zero-order valence-electron chi connectivity index (χ0n) is 19.8. The van der Waals surface area contributed by atoms with Gasteiger partial charge in [0.15, 0.2) is 28.4 Å². The number of carboxylic acids is 1. The largest absolute Gasteiger partial charge is 0.481 e. The molecule has 2 aromatic rings. The molecule has 3 rings (SSSR count). The van der Waals surface area contributed by atoms with Gasteiger partial charge in [-0.15, -0.1) is 0 Å². The van der Waals surface area contributed by atoms with Crippen LogP contribution in [0, 0.1) is 11.3 Å². The Labute approximate surface area is 209 Å². The third kappa shape index (κ3) is 6.82. The SMILES string of the molecule is C[C@@H](Cc1ccc(CCCCNC(=N)NC(=O)c2nc(Cl)c(N)nc2N)c2c1CCCC2)C(=O)O. The van der Waals surface area contributed by atoms with Crippen molar-refractivity contribution in [3.8, 4) is 0 Å². The predicted octanol–water partition coefficient (Wildman–Crippen LogP) is 2.71. The highest BCUT2D eigenvalue weighted by Crippen LogP contribution is 2.30. The second kappa shape index (κ2) is 11.8. The number of anilines is 2. The van der Waals surface area contributed by atoms with Gasteiger partial charge in [0.05, 0.1) is 5.92 Å². The van der Waals surface area contributed by atoms with Gasteiger partial charge in [-0.1, -0.05) is 30.7 Å². The average Bonchev–Trinajstić information content (AvgIpc) is 2.82. The molecule has 35 heavy (non-hydrogen) atoms. The molecule has 0 radical (unpaired) electrons. The van der Waals surface area contributed by atoms with Gasteiger partial charge in [0.2, 0.25) is 0 Å². The summed E-state index contributed by atoms with van der Waals surface area (Å²) in [7, 11) is 0. The van der Waals surface area contributed by atoms with Crippen LogP contribution < -0.4 is 22.1 Å². The Morgan fingerprint density at radius 3 is 2.46 bits per heavy atom. The van der Waals surface area contributed by atoms with Crippen LogP contribution in [0.25, 0.3) is 0 Å². The first-order valence-electron chi connectivity index (χ1n) is 11.7. The highest BCUT2D eigenvalue weighted by Gasteiger charge is 2.20. The van der Waals surface area contributed by atoms with Gasteiger partial charge in [-0.05, 0) is 73.6 Å². The van der Waals surface area contributed by atoms with Crippen molar-refractivity contribution in [1.82, 2.24) is 20.6 Å². The Kier molecular flexibility index (Phi) is 8.86. The maximum atomic E-state index is 12.3. The number of carboxylic acid groups (broad SMARTS) is 1. The number of aryl methyl sites for hydroxylation is 1. The molecule has 0 fully saturated rings. The number of aromatic nitrogens is 2. The zero-order chi connectivity index (χ0) is 25.5. The number of carbonyl (C=O) groups excluding carboxylic acids is 1. The number of rotatable bonds is 9. The van der Waals surface area contributed by atoms with E-state index < -0.39 is 17.8 Å². The Balaban J connectivity index is 1.48. The van der Waals surface area contributed by atoms with Gasteiger partial charge < -0.3 is 21.9 Å². The number of guanidine groups is 1. The third-order valence-electron chi connectivity index (χ3n) is 6.21. The number of nitrogens with one attached hydrogen (secondary N) is 3. The zero-order valence-corrected chi connectivity index (χ0v) is 20.5. The van der Waals surface area contributed by atoms with Gasteiger partial charge in [0.1, 0.15) is 0 Å². The van der Waals surface area contributed by atoms with Gasteiger partial charge in [-0.3, -0.25) is 20.3 Å². The van der Waals surface area contributed by atoms with Crippen molar-refractivity contribution in [3.63, 3.8) is 0 Å². The molecule has 1 amide bonds. The molecular weight excluding hydrogens is 470 g/mol. The molecule has 0 saturated carbocycles. The number of carbonyl (C=O) groups is 2. The summed E-state index contributed by atoms with van der Waals surface area (Å²) in [6, 6.07) is 4.24. The minimum absolute atomic E-state index is 0.0698. The average molecular weight is 502 g/mol. The van der Waals surface area contributed by atoms with Crippen LogP contribution >= 0.6 is 11.6 Å². The van der Waals surface area contributed by atoms with Gasteiger partial charge >= 0.3 is 5.97 Å². The standard InChI is InChI=1S/C24H32ClN7O3/c1-13(23(34)35)12-15-10-9-14(16-7-2-3-8-17(15)16)6-4-5-11-29-24(28)32-22(33)18-20(26)31-21(27)19(25)30-18/h9-10,13H,2-8,11-12H2,1H3,(H,34,35)(H4,26,27,31)(H3,28,29,32,33)/t13-/m0/s1. The highest BCUT2D eigenvalue weighted by atomic mass is 35.5. The van der Waals surface area contributed by atoms with Gasteiger partial charge in [-0.25, -0.2) is 9.97 Å². The number of unbranched alkanes of at least 4 members (excludes halogenated alkanes) is 1. The molecule has 1 heterocycles. The fraction of sp³-hybridized carbons (Fsp3) is 0.458. The molecule has 0 unspecified atom stereocenters. The van der Waals surface area contributed by atoms with E-state index in [2.05, 4.69) is 32.7 Å². The van der Waals surface area contributed by atoms with E-state index in [1.165, 1.54) is 16.7 Å². The number of hydrogen-bond donors (Lipinski definition) is 6. The molecule has 0 bridgehead atoms. The number of aliphatic carboxylic acids is 1. The Morgan fingerprint density at radius 1 is 1.11 bits per heavy atom. The van der Waals surface area contributed by atoms with Crippen molar-refractivity contribution in [2.45, 2.75) is 58.3 Å². The van der Waals surface area contributed by atoms with Crippen LogP contribution in [-0.2, 0) is 30.5 Å². The molecule has 1 aliphatic rings. The number of benzene rings is 1. The van der Waals surface area contributed by atoms with Crippen LogP contribution in [0.4, 0.5) is 11.6 Å². The Morgan fingerprint density at radius 2 is 1.77 bits per heavy atom. The maximum Gasteiger partial charge on any atom is 0.306 e. The van der Waals surface area contributed by atoms with Crippen LogP contribution in [0.2, 0.25) is 5.15 Å². The number of nitrogens with zero attached hydrogens (tertiary/aromatic N) is 2. The number of fused-ring (bicyclic) bond motifs is 1. The lowest BCUT2D eigenvalue weighted by Crippen LogP contribution is -2.41. The summed E-state index contributed by atoms with van der Waals surface area (Å²) >= 11 is 5.80. The fourth-order valence-corrected chi connectivity index (χ4v) is 4.47. The van der Waals surface area contributed by atoms with Crippen molar-refractivity contribution >= 4 is 41.1 Å². The van der Waals surface area contributed by atoms with Crippen LogP contribution in [0.1, 0.15) is 65.3 Å². The summed E-state index contributed by atoms with van der Waals surface area (Å²) in [5.41, 5.74) is 16.2. The van der Waals surface area contributed by atoms with E-state index in [1.807, 2.05) is 0 Å². The van der Waals surface area contributed by atoms with Gasteiger partial charge in [0.25, 0.3) is 5.91 Å². The predicted molar refractivity (Wildman–Crippen MR) is 136 cm³/mol. The first-order chi connectivity index (χ1) is 16.7. The number of nitrogens with two attached hydrogens (primary N) is 2. The van der Waals surface area contributed by atoms with E-state index in [9.17, 15) is 14.7 Å². The third-order valence-corrected chi connectivity index (χ3v) is 6.49. The first-order valence-corrected chi connectivity index (χ1v) is 12.1. The van der Waals surface area contributed by atoms with E-state index in [0.29, 0.717) is 13.0 Å². The van der Waals surface area contributed by atoms with Crippen LogP contribution in [0.15, 0.2) is 12.1 Å². The number of hydrogen-bond acceptors (Lipinski definition) is 7. The topological polar surface area (TPSA) is 180 Å². The van der Waals surface area contributed by atoms with Crippen LogP contribution in [0.5, 0.6) is 0 Å². The van der Waals surface area contributed by atoms with E-state index >= 15 is 0 Å². The van der Waals surface area contributed by atoms with Crippen molar-refractivity contribution in [2.75, 3.05) is 18.0 Å². The van der Waals surface area contributed by atoms with Crippen molar-refractivity contribution in [3.05, 3.63) is 45.2 Å². The summed E-state index contributed by atoms with van der Waals surface area (Å²) < 4.78 is 0. The molecule has 188 valence electrons. The van der Waals surface area contributed by atoms with E-state index in [1.54, 1.807) is 6.92 Å². The molecule has 0 saturated heterocycles. The summed E-state index contributed by atoms with van der Waals surface area (Å²) in [4.78, 5) is 31.1. The van der Waals surface area contributed by atoms with Crippen molar-refractivity contribution in [2.24, 2.45) is 5.92 Å². The Bertz CT molecular complexity index is 1120. The fourth-order valence-electron chi connectivity index (χ4n) is 4.34. The smallest absolute Gasteiger partial charge is 0.306 e. The Hall–Kier alpha value is -3.40. The van der Waals surface area contributed by atoms with E-state index in [-0.39, 0.29) is 28.4 Å². The normalized spacial score (nSPS) is 13.5. The molecule has 0 aliphatic heterocycles. The summed E-state index contributed by atoms with van der Waals surface area (Å²) in [5, 5.41) is 22.3. The van der Waals surface area contributed by atoms with Crippen LogP contribution in [-0.4, -0.2) is 39.5 Å². The lowest BCUT2D eigenvalue weighted by molar-refractivity contribution is -0.141. The van der Waals surface area contributed by atoms with Gasteiger partial charge in [-0.2, -0.15) is 0 Å². The molecule has 1 aliphatic carbocycles. The molecule has 0 spiro atoms. The molecule has 8 N–H and O–H groups in total. The second-order valence-corrected chi connectivity index (χ2v) is 9.20. The van der Waals surface area contributed by atoms with E-state index in [0.717, 1.165) is 50.5 Å². The van der Waals surface area contributed by atoms with E-state index in [4.69, 9.17) is 28.5 Å². The minimum atomic E-state index is -0.762. The quantitative estimate of drug-likeness (QED) is 0.172. The molecule has 1 atom stereocenters. The highest BCUT2D eigenvalue weighted by molar-refractivity contribution is 6.31. The second-order valence-electron chi connectivity index (χ2n) is 8.84. The molecule has 10 nitrogen and oxygen atoms in total. The molecule has 1 aromatic heterocycles. The summed E-state index contributed by atoms with van der Waals surface area (Å²) in [5.74, 6) is -2.25. The van der Waals surface area contributed by atoms with Crippen molar-refractivity contribution < 1.29 is 14.7 Å². The molecule has 1 aromatic carbocycles. The molecule has 11 heteroatoms. The molecular formula is C24H32ClN7O3. The minimum Gasteiger partial charge on any atom is -0.481 e. The number of nitrogen functional groups attached to an aromatic ring is 2. The monoisotopic (exact) mass is 501 g/mol. The first kappa shape index (κ1) is 26.2. The number of halogens is 1. The number of amides is 1. The van der Waals surface area contributed by atoms with Crippen LogP contribution in [0.3, 0.4) is 0 Å². The lowest BCUT2D eigenvalue weighted by Gasteiger charge is -2.24. The summed E-state index contributed by atoms with van der Waals surface area (Å²) in [6.45, 7) is 2.27. The maximum absolute atomic E-state index is 12.3. The lowest BCUT2D eigenvalue weighted by atomic mass is 9.82. The summed E-state index contributed by atoms with van der Waals surface area (Å²) in [6.07, 6.45) is 7.54. The van der Waals surface area contributed by atoms with Crippen molar-refractivity contribution in [1.29, 1.82) is 5.41 Å².